The molecule has 7 nitrogen and oxygen atoms in total. The van der Waals surface area contributed by atoms with Gasteiger partial charge in [0, 0.05) is 44.0 Å². The summed E-state index contributed by atoms with van der Waals surface area (Å²) in [6.45, 7) is 2.22. The molecular weight excluding hydrogens is 358 g/mol. The largest absolute Gasteiger partial charge is 0.482 e. The van der Waals surface area contributed by atoms with Crippen molar-refractivity contribution in [3.63, 3.8) is 0 Å². The van der Waals surface area contributed by atoms with Crippen LogP contribution >= 0.6 is 11.6 Å². The summed E-state index contributed by atoms with van der Waals surface area (Å²) in [5.41, 5.74) is 0.854. The van der Waals surface area contributed by atoms with E-state index in [2.05, 4.69) is 0 Å². The lowest BCUT2D eigenvalue weighted by Crippen LogP contribution is -2.50. The fourth-order valence-electron chi connectivity index (χ4n) is 2.81. The van der Waals surface area contributed by atoms with Gasteiger partial charge in [-0.15, -0.1) is 0 Å². The standard InChI is InChI=1S/C18H18ClN3O4/c19-16-6-1-2-7-17(16)26-13-18(23)21-10-8-20(9-11-21)14-4-3-5-15(12-14)22(24)25/h1-7,12H,8-11,13H2. The van der Waals surface area contributed by atoms with Gasteiger partial charge in [0.1, 0.15) is 5.75 Å². The molecule has 2 aromatic rings. The van der Waals surface area contributed by atoms with E-state index in [0.717, 1.165) is 5.69 Å². The summed E-state index contributed by atoms with van der Waals surface area (Å²) in [5, 5.41) is 11.4. The Bertz CT molecular complexity index is 807. The molecule has 1 aliphatic rings. The molecule has 0 radical (unpaired) electrons. The van der Waals surface area contributed by atoms with E-state index in [9.17, 15) is 14.9 Å². The molecule has 1 saturated heterocycles. The summed E-state index contributed by atoms with van der Waals surface area (Å²) >= 11 is 6.01. The third-order valence-corrected chi connectivity index (χ3v) is 4.54. The van der Waals surface area contributed by atoms with E-state index in [0.29, 0.717) is 37.0 Å². The van der Waals surface area contributed by atoms with Gasteiger partial charge >= 0.3 is 0 Å². The minimum atomic E-state index is -0.407. The number of hydrogen-bond donors (Lipinski definition) is 0. The molecule has 0 bridgehead atoms. The van der Waals surface area contributed by atoms with Gasteiger partial charge < -0.3 is 14.5 Å². The minimum Gasteiger partial charge on any atom is -0.482 e. The van der Waals surface area contributed by atoms with Crippen molar-refractivity contribution in [3.05, 3.63) is 63.7 Å². The van der Waals surface area contributed by atoms with E-state index in [1.54, 1.807) is 41.3 Å². The Balaban J connectivity index is 1.53. The van der Waals surface area contributed by atoms with Crippen molar-refractivity contribution < 1.29 is 14.5 Å². The third kappa shape index (κ3) is 4.23. The average Bonchev–Trinajstić information content (AvgIpc) is 2.67. The molecule has 1 amide bonds. The Kier molecular flexibility index (Phi) is 5.58. The summed E-state index contributed by atoms with van der Waals surface area (Å²) in [7, 11) is 0. The van der Waals surface area contributed by atoms with E-state index in [1.165, 1.54) is 6.07 Å². The van der Waals surface area contributed by atoms with Crippen LogP contribution in [0, 0.1) is 10.1 Å². The second-order valence-corrected chi connectivity index (χ2v) is 6.27. The lowest BCUT2D eigenvalue weighted by molar-refractivity contribution is -0.384. The zero-order valence-electron chi connectivity index (χ0n) is 14.0. The fourth-order valence-corrected chi connectivity index (χ4v) is 3.00. The number of non-ortho nitro benzene ring substituents is 1. The Hall–Kier alpha value is -2.80. The second-order valence-electron chi connectivity index (χ2n) is 5.86. The number of nitrogens with zero attached hydrogens (tertiary/aromatic N) is 3. The number of halogens is 1. The van der Waals surface area contributed by atoms with Gasteiger partial charge in [-0.1, -0.05) is 29.8 Å². The number of hydrogen-bond acceptors (Lipinski definition) is 5. The first-order valence-corrected chi connectivity index (χ1v) is 8.57. The number of carbonyl (C=O) groups excluding carboxylic acids is 1. The molecule has 2 aromatic carbocycles. The number of para-hydroxylation sites is 1. The number of carbonyl (C=O) groups is 1. The van der Waals surface area contributed by atoms with E-state index in [1.807, 2.05) is 11.0 Å². The molecule has 0 atom stereocenters. The number of nitro benzene ring substituents is 1. The topological polar surface area (TPSA) is 75.9 Å². The molecule has 3 rings (SSSR count). The Labute approximate surface area is 155 Å². The highest BCUT2D eigenvalue weighted by molar-refractivity contribution is 6.32. The van der Waals surface area contributed by atoms with Gasteiger partial charge in [0.25, 0.3) is 11.6 Å². The van der Waals surface area contributed by atoms with Crippen LogP contribution in [-0.2, 0) is 4.79 Å². The lowest BCUT2D eigenvalue weighted by Gasteiger charge is -2.36. The smallest absolute Gasteiger partial charge is 0.271 e. The van der Waals surface area contributed by atoms with Crippen molar-refractivity contribution in [2.45, 2.75) is 0 Å². The van der Waals surface area contributed by atoms with Gasteiger partial charge in [-0.3, -0.25) is 14.9 Å². The summed E-state index contributed by atoms with van der Waals surface area (Å²) in [6.07, 6.45) is 0. The van der Waals surface area contributed by atoms with Crippen molar-refractivity contribution in [3.8, 4) is 5.75 Å². The molecule has 0 unspecified atom stereocenters. The number of anilines is 1. The predicted octanol–water partition coefficient (Wildman–Crippen LogP) is 2.98. The Morgan fingerprint density at radius 3 is 2.54 bits per heavy atom. The maximum Gasteiger partial charge on any atom is 0.271 e. The monoisotopic (exact) mass is 375 g/mol. The fraction of sp³-hybridized carbons (Fsp3) is 0.278. The molecule has 0 spiro atoms. The number of benzene rings is 2. The second kappa shape index (κ2) is 8.05. The SMILES string of the molecule is O=C(COc1ccccc1Cl)N1CCN(c2cccc([N+](=O)[O-])c2)CC1. The van der Waals surface area contributed by atoms with Crippen LogP contribution in [0.25, 0.3) is 0 Å². The van der Waals surface area contributed by atoms with E-state index < -0.39 is 4.92 Å². The first-order valence-electron chi connectivity index (χ1n) is 8.19. The van der Waals surface area contributed by atoms with Gasteiger partial charge in [-0.25, -0.2) is 0 Å². The highest BCUT2D eigenvalue weighted by atomic mass is 35.5. The molecule has 26 heavy (non-hydrogen) atoms. The van der Waals surface area contributed by atoms with Crippen LogP contribution in [0.3, 0.4) is 0 Å². The molecule has 0 aromatic heterocycles. The molecule has 0 saturated carbocycles. The van der Waals surface area contributed by atoms with Crippen LogP contribution in [0.1, 0.15) is 0 Å². The summed E-state index contributed by atoms with van der Waals surface area (Å²) in [4.78, 5) is 26.6. The van der Waals surface area contributed by atoms with Crippen LogP contribution in [0.2, 0.25) is 5.02 Å². The van der Waals surface area contributed by atoms with E-state index in [4.69, 9.17) is 16.3 Å². The molecule has 8 heteroatoms. The lowest BCUT2D eigenvalue weighted by atomic mass is 10.2. The minimum absolute atomic E-state index is 0.0640. The van der Waals surface area contributed by atoms with E-state index >= 15 is 0 Å². The highest BCUT2D eigenvalue weighted by Crippen LogP contribution is 2.24. The van der Waals surface area contributed by atoms with Crippen LogP contribution in [0.5, 0.6) is 5.75 Å². The van der Waals surface area contributed by atoms with Crippen molar-refractivity contribution in [2.24, 2.45) is 0 Å². The van der Waals surface area contributed by atoms with Gasteiger partial charge in [0.2, 0.25) is 0 Å². The maximum atomic E-state index is 12.3. The molecule has 136 valence electrons. The number of amides is 1. The van der Waals surface area contributed by atoms with Gasteiger partial charge in [-0.2, -0.15) is 0 Å². The number of rotatable bonds is 5. The van der Waals surface area contributed by atoms with Crippen molar-refractivity contribution in [2.75, 3.05) is 37.7 Å². The zero-order valence-corrected chi connectivity index (χ0v) is 14.8. The van der Waals surface area contributed by atoms with Crippen LogP contribution < -0.4 is 9.64 Å². The highest BCUT2D eigenvalue weighted by Gasteiger charge is 2.22. The Morgan fingerprint density at radius 1 is 1.12 bits per heavy atom. The molecule has 1 aliphatic heterocycles. The quantitative estimate of drug-likeness (QED) is 0.593. The number of nitro groups is 1. The van der Waals surface area contributed by atoms with Crippen molar-refractivity contribution in [1.82, 2.24) is 4.90 Å². The molecule has 1 fully saturated rings. The van der Waals surface area contributed by atoms with Crippen molar-refractivity contribution >= 4 is 28.9 Å². The summed E-state index contributed by atoms with van der Waals surface area (Å²) in [6, 6.07) is 13.5. The van der Waals surface area contributed by atoms with Crippen molar-refractivity contribution in [1.29, 1.82) is 0 Å². The van der Waals surface area contributed by atoms with Gasteiger partial charge in [0.15, 0.2) is 6.61 Å². The van der Waals surface area contributed by atoms with Gasteiger partial charge in [0.05, 0.1) is 9.95 Å². The molecular formula is C18H18ClN3O4. The molecule has 0 N–H and O–H groups in total. The van der Waals surface area contributed by atoms with Gasteiger partial charge in [-0.05, 0) is 18.2 Å². The first kappa shape index (κ1) is 18.0. The Morgan fingerprint density at radius 2 is 1.85 bits per heavy atom. The van der Waals surface area contributed by atoms with Crippen LogP contribution in [0.15, 0.2) is 48.5 Å². The molecule has 1 heterocycles. The summed E-state index contributed by atoms with van der Waals surface area (Å²) in [5.74, 6) is 0.376. The van der Waals surface area contributed by atoms with Crippen LogP contribution in [-0.4, -0.2) is 48.5 Å². The zero-order chi connectivity index (χ0) is 18.5. The molecule has 0 aliphatic carbocycles. The van der Waals surface area contributed by atoms with Crippen LogP contribution in [0.4, 0.5) is 11.4 Å². The maximum absolute atomic E-state index is 12.3. The number of piperazine rings is 1. The third-order valence-electron chi connectivity index (χ3n) is 4.23. The normalized spacial score (nSPS) is 14.2. The summed E-state index contributed by atoms with van der Waals surface area (Å²) < 4.78 is 5.49. The predicted molar refractivity (Wildman–Crippen MR) is 98.8 cm³/mol. The number of ether oxygens (including phenoxy) is 1. The first-order chi connectivity index (χ1) is 12.5. The van der Waals surface area contributed by atoms with E-state index in [-0.39, 0.29) is 18.2 Å². The average molecular weight is 376 g/mol.